The van der Waals surface area contributed by atoms with Crippen molar-refractivity contribution < 1.29 is 23.1 Å². The number of carbonyl (C=O) groups is 1. The number of carbonyl (C=O) groups excluding carboxylic acids is 1. The molecule has 10 heteroatoms. The number of nitrogens with zero attached hydrogens (tertiary/aromatic N) is 3. The first-order valence-corrected chi connectivity index (χ1v) is 17.0. The van der Waals surface area contributed by atoms with Gasteiger partial charge in [-0.05, 0) is 101 Å². The number of benzene rings is 2. The average molecular weight is 621 g/mol. The van der Waals surface area contributed by atoms with Crippen LogP contribution in [0.3, 0.4) is 0 Å². The van der Waals surface area contributed by atoms with Gasteiger partial charge in [0.2, 0.25) is 11.8 Å². The quantitative estimate of drug-likeness (QED) is 0.351. The minimum Gasteiger partial charge on any atom is -0.475 e. The molecule has 236 valence electrons. The monoisotopic (exact) mass is 620 g/mol. The first kappa shape index (κ1) is 31.9. The lowest BCUT2D eigenvalue weighted by Gasteiger charge is -2.44. The highest BCUT2D eigenvalue weighted by Crippen LogP contribution is 2.37. The number of aromatic nitrogens is 2. The smallest absolute Gasteiger partial charge is 0.264 e. The van der Waals surface area contributed by atoms with Gasteiger partial charge in [-0.25, -0.2) is 18.1 Å². The molecule has 2 aliphatic rings. The molecule has 44 heavy (non-hydrogen) atoms. The molecule has 2 N–H and O–H groups in total. The standard InChI is InChI=1S/C34H44N4O5S/c1-21(2)17-27-20-43-30-19-29(31-22(3)9-7-10-23(31)4)35-33(36-30)37-44(41,42)28-12-8-11-24(18-28)32(39)38(27)26-15-13-25(14-16-26)34(5,6)40/h7-12,18-19,21,25-27,40H,13-17,20H2,1-6H3,(H,35,36,37)/t25?,26?,27-/m1/s1. The van der Waals surface area contributed by atoms with E-state index >= 15 is 0 Å². The molecule has 2 heterocycles. The number of nitrogens with one attached hydrogen (secondary N) is 1. The number of hydrogen-bond acceptors (Lipinski definition) is 7. The molecule has 3 aromatic rings. The first-order chi connectivity index (χ1) is 20.7. The van der Waals surface area contributed by atoms with Crippen molar-refractivity contribution in [3.05, 3.63) is 65.2 Å². The van der Waals surface area contributed by atoms with Crippen LogP contribution < -0.4 is 9.46 Å². The minimum absolute atomic E-state index is 0.0442. The van der Waals surface area contributed by atoms with Gasteiger partial charge in [0.15, 0.2) is 0 Å². The summed E-state index contributed by atoms with van der Waals surface area (Å²) in [7, 11) is -4.13. The molecule has 1 aromatic heterocycles. The number of ether oxygens (including phenoxy) is 1. The van der Waals surface area contributed by atoms with E-state index in [0.29, 0.717) is 17.7 Å². The second kappa shape index (κ2) is 12.5. The van der Waals surface area contributed by atoms with Crippen LogP contribution in [0, 0.1) is 25.7 Å². The van der Waals surface area contributed by atoms with E-state index in [4.69, 9.17) is 4.74 Å². The summed E-state index contributed by atoms with van der Waals surface area (Å²) >= 11 is 0. The Hall–Kier alpha value is -3.50. The van der Waals surface area contributed by atoms with Crippen molar-refractivity contribution in [2.24, 2.45) is 11.8 Å². The van der Waals surface area contributed by atoms with Gasteiger partial charge in [0.05, 0.1) is 22.2 Å². The summed E-state index contributed by atoms with van der Waals surface area (Å²) in [6, 6.07) is 13.5. The van der Waals surface area contributed by atoms with Crippen molar-refractivity contribution in [2.45, 2.75) is 96.2 Å². The highest BCUT2D eigenvalue weighted by Gasteiger charge is 2.38. The summed E-state index contributed by atoms with van der Waals surface area (Å²) in [5.41, 5.74) is 2.92. The number of amides is 1. The number of anilines is 1. The number of fused-ring (bicyclic) bond motifs is 4. The normalized spacial score (nSPS) is 22.3. The zero-order valence-electron chi connectivity index (χ0n) is 26.5. The molecule has 1 saturated carbocycles. The van der Waals surface area contributed by atoms with E-state index in [1.807, 2.05) is 50.8 Å². The topological polar surface area (TPSA) is 122 Å². The molecule has 2 aromatic carbocycles. The van der Waals surface area contributed by atoms with Gasteiger partial charge in [-0.2, -0.15) is 4.98 Å². The van der Waals surface area contributed by atoms with Crippen LogP contribution in [0.5, 0.6) is 5.88 Å². The summed E-state index contributed by atoms with van der Waals surface area (Å²) in [5, 5.41) is 10.7. The number of aryl methyl sites for hydroxylation is 2. The van der Waals surface area contributed by atoms with Crippen LogP contribution in [0.2, 0.25) is 0 Å². The third-order valence-corrected chi connectivity index (χ3v) is 10.3. The average Bonchev–Trinajstić information content (AvgIpc) is 2.95. The second-order valence-corrected chi connectivity index (χ2v) is 15.0. The molecule has 5 rings (SSSR count). The van der Waals surface area contributed by atoms with E-state index in [2.05, 4.69) is 28.5 Å². The number of hydrogen-bond donors (Lipinski definition) is 2. The van der Waals surface area contributed by atoms with Crippen molar-refractivity contribution in [3.63, 3.8) is 0 Å². The second-order valence-electron chi connectivity index (χ2n) is 13.3. The molecule has 1 aliphatic heterocycles. The van der Waals surface area contributed by atoms with Crippen LogP contribution in [-0.4, -0.2) is 58.6 Å². The molecule has 1 atom stereocenters. The Balaban J connectivity index is 1.62. The van der Waals surface area contributed by atoms with E-state index in [9.17, 15) is 18.3 Å². The van der Waals surface area contributed by atoms with Crippen molar-refractivity contribution in [1.29, 1.82) is 0 Å². The van der Waals surface area contributed by atoms with Crippen LogP contribution in [0.4, 0.5) is 5.95 Å². The molecule has 1 amide bonds. The lowest BCUT2D eigenvalue weighted by molar-refractivity contribution is -0.0175. The Morgan fingerprint density at radius 3 is 2.32 bits per heavy atom. The Bertz CT molecular complexity index is 1600. The molecule has 9 nitrogen and oxygen atoms in total. The fraction of sp³-hybridized carbons (Fsp3) is 0.500. The molecule has 0 saturated heterocycles. The molecular weight excluding hydrogens is 576 g/mol. The highest BCUT2D eigenvalue weighted by atomic mass is 32.2. The van der Waals surface area contributed by atoms with Crippen LogP contribution in [-0.2, 0) is 10.0 Å². The maximum absolute atomic E-state index is 14.4. The predicted molar refractivity (Wildman–Crippen MR) is 171 cm³/mol. The van der Waals surface area contributed by atoms with Gasteiger partial charge in [-0.3, -0.25) is 4.79 Å². The van der Waals surface area contributed by atoms with Crippen molar-refractivity contribution in [2.75, 3.05) is 11.3 Å². The summed E-state index contributed by atoms with van der Waals surface area (Å²) < 4.78 is 36.1. The van der Waals surface area contributed by atoms with Crippen LogP contribution in [0.15, 0.2) is 53.4 Å². The zero-order chi connectivity index (χ0) is 31.8. The van der Waals surface area contributed by atoms with Crippen LogP contribution in [0.1, 0.15) is 81.3 Å². The third-order valence-electron chi connectivity index (χ3n) is 8.94. The Morgan fingerprint density at radius 1 is 1.02 bits per heavy atom. The fourth-order valence-electron chi connectivity index (χ4n) is 6.69. The molecular formula is C34H44N4O5S. The van der Waals surface area contributed by atoms with E-state index < -0.39 is 15.6 Å². The summed E-state index contributed by atoms with van der Waals surface area (Å²) in [6.07, 6.45) is 3.75. The molecule has 1 fully saturated rings. The van der Waals surface area contributed by atoms with Gasteiger partial charge in [-0.15, -0.1) is 0 Å². The fourth-order valence-corrected chi connectivity index (χ4v) is 7.68. The Labute approximate surface area is 261 Å². The predicted octanol–water partition coefficient (Wildman–Crippen LogP) is 6.14. The van der Waals surface area contributed by atoms with Crippen LogP contribution >= 0.6 is 0 Å². The lowest BCUT2D eigenvalue weighted by atomic mass is 9.76. The largest absolute Gasteiger partial charge is 0.475 e. The minimum atomic E-state index is -4.13. The highest BCUT2D eigenvalue weighted by molar-refractivity contribution is 7.92. The van der Waals surface area contributed by atoms with Gasteiger partial charge >= 0.3 is 0 Å². The zero-order valence-corrected chi connectivity index (χ0v) is 27.3. The third kappa shape index (κ3) is 6.91. The van der Waals surface area contributed by atoms with Crippen molar-refractivity contribution in [3.8, 4) is 17.1 Å². The maximum Gasteiger partial charge on any atom is 0.264 e. The molecule has 1 aliphatic carbocycles. The van der Waals surface area contributed by atoms with E-state index in [1.165, 1.54) is 12.1 Å². The number of aliphatic hydroxyl groups is 1. The first-order valence-electron chi connectivity index (χ1n) is 15.5. The van der Waals surface area contributed by atoms with Gasteiger partial charge < -0.3 is 14.7 Å². The van der Waals surface area contributed by atoms with Gasteiger partial charge in [0.1, 0.15) is 6.61 Å². The number of rotatable bonds is 5. The molecule has 4 bridgehead atoms. The Morgan fingerprint density at radius 2 is 1.68 bits per heavy atom. The van der Waals surface area contributed by atoms with Crippen molar-refractivity contribution in [1.82, 2.24) is 14.9 Å². The van der Waals surface area contributed by atoms with E-state index in [1.54, 1.807) is 18.2 Å². The lowest BCUT2D eigenvalue weighted by Crippen LogP contribution is -2.52. The summed E-state index contributed by atoms with van der Waals surface area (Å²) in [6.45, 7) is 12.1. The van der Waals surface area contributed by atoms with E-state index in [-0.39, 0.29) is 53.2 Å². The Kier molecular flexibility index (Phi) is 9.05. The number of sulfonamides is 1. The van der Waals surface area contributed by atoms with Gasteiger partial charge in [-0.1, -0.05) is 38.1 Å². The maximum atomic E-state index is 14.4. The van der Waals surface area contributed by atoms with Crippen LogP contribution in [0.25, 0.3) is 11.3 Å². The molecule has 0 unspecified atom stereocenters. The van der Waals surface area contributed by atoms with Crippen molar-refractivity contribution >= 4 is 21.9 Å². The van der Waals surface area contributed by atoms with E-state index in [0.717, 1.165) is 42.4 Å². The van der Waals surface area contributed by atoms with Gasteiger partial charge in [0.25, 0.3) is 15.9 Å². The molecule has 0 spiro atoms. The van der Waals surface area contributed by atoms with Gasteiger partial charge in [0, 0.05) is 23.2 Å². The summed E-state index contributed by atoms with van der Waals surface area (Å²) in [4.78, 5) is 25.3. The molecule has 0 radical (unpaired) electrons. The SMILES string of the molecule is Cc1cccc(C)c1-c1cc2nc(n1)NS(=O)(=O)c1cccc(c1)C(=O)N(C1CCC(C(C)(C)O)CC1)[C@H](CC(C)C)CO2. The summed E-state index contributed by atoms with van der Waals surface area (Å²) in [5.74, 6) is 0.316.